The highest BCUT2D eigenvalue weighted by atomic mass is 32.2. The van der Waals surface area contributed by atoms with Crippen LogP contribution < -0.4 is 10.0 Å². The first-order valence-electron chi connectivity index (χ1n) is 8.97. The van der Waals surface area contributed by atoms with Crippen molar-refractivity contribution in [3.63, 3.8) is 0 Å². The molecule has 0 aromatic heterocycles. The van der Waals surface area contributed by atoms with E-state index in [1.165, 1.54) is 29.2 Å². The number of nitrogens with zero attached hydrogens (tertiary/aromatic N) is 1. The first-order chi connectivity index (χ1) is 13.3. The Hall–Kier alpha value is -2.71. The summed E-state index contributed by atoms with van der Waals surface area (Å²) < 4.78 is 26.9. The lowest BCUT2D eigenvalue weighted by atomic mass is 10.1. The SMILES string of the molecule is CN(C)C(=O)c1cccc(CNC(=O)c2ccc(S(=O)(=O)NC3CC3)cc2)c1. The predicted molar refractivity (Wildman–Crippen MR) is 105 cm³/mol. The summed E-state index contributed by atoms with van der Waals surface area (Å²) in [6, 6.07) is 12.9. The Morgan fingerprint density at radius 3 is 2.32 bits per heavy atom. The maximum absolute atomic E-state index is 12.3. The first kappa shape index (κ1) is 20.0. The molecule has 0 unspecified atom stereocenters. The van der Waals surface area contributed by atoms with Gasteiger partial charge in [0.1, 0.15) is 0 Å². The molecule has 1 aliphatic rings. The number of nitrogens with one attached hydrogen (secondary N) is 2. The summed E-state index contributed by atoms with van der Waals surface area (Å²) in [6.07, 6.45) is 1.72. The van der Waals surface area contributed by atoms with Gasteiger partial charge in [-0.15, -0.1) is 0 Å². The molecule has 0 aliphatic heterocycles. The molecule has 1 saturated carbocycles. The summed E-state index contributed by atoms with van der Waals surface area (Å²) >= 11 is 0. The molecule has 1 fully saturated rings. The molecule has 148 valence electrons. The van der Waals surface area contributed by atoms with Crippen LogP contribution in [0.15, 0.2) is 53.4 Å². The monoisotopic (exact) mass is 401 g/mol. The maximum atomic E-state index is 12.3. The van der Waals surface area contributed by atoms with Crippen LogP contribution in [0.3, 0.4) is 0 Å². The van der Waals surface area contributed by atoms with Gasteiger partial charge < -0.3 is 10.2 Å². The number of carbonyl (C=O) groups is 2. The molecule has 0 heterocycles. The van der Waals surface area contributed by atoms with Crippen molar-refractivity contribution in [2.24, 2.45) is 0 Å². The zero-order valence-electron chi connectivity index (χ0n) is 15.8. The average molecular weight is 401 g/mol. The van der Waals surface area contributed by atoms with Gasteiger partial charge >= 0.3 is 0 Å². The highest BCUT2D eigenvalue weighted by Crippen LogP contribution is 2.22. The molecule has 0 saturated heterocycles. The third kappa shape index (κ3) is 4.96. The van der Waals surface area contributed by atoms with Crippen LogP contribution in [-0.2, 0) is 16.6 Å². The standard InChI is InChI=1S/C20H23N3O4S/c1-23(2)20(25)16-5-3-4-14(12-16)13-21-19(24)15-6-10-18(11-7-15)28(26,27)22-17-8-9-17/h3-7,10-12,17,22H,8-9,13H2,1-2H3,(H,21,24). The largest absolute Gasteiger partial charge is 0.348 e. The van der Waals surface area contributed by atoms with Crippen LogP contribution in [-0.4, -0.2) is 45.3 Å². The zero-order chi connectivity index (χ0) is 20.3. The number of hydrogen-bond donors (Lipinski definition) is 2. The van der Waals surface area contributed by atoms with Gasteiger partial charge in [0.05, 0.1) is 4.90 Å². The third-order valence-corrected chi connectivity index (χ3v) is 5.90. The van der Waals surface area contributed by atoms with Crippen LogP contribution in [0.4, 0.5) is 0 Å². The molecule has 2 amide bonds. The van der Waals surface area contributed by atoms with Crippen LogP contribution in [0.5, 0.6) is 0 Å². The topological polar surface area (TPSA) is 95.6 Å². The summed E-state index contributed by atoms with van der Waals surface area (Å²) in [4.78, 5) is 26.0. The molecule has 7 nitrogen and oxygen atoms in total. The summed E-state index contributed by atoms with van der Waals surface area (Å²) in [7, 11) is -0.170. The Morgan fingerprint density at radius 2 is 1.71 bits per heavy atom. The molecule has 1 aliphatic carbocycles. The highest BCUT2D eigenvalue weighted by Gasteiger charge is 2.27. The van der Waals surface area contributed by atoms with Crippen molar-refractivity contribution >= 4 is 21.8 Å². The van der Waals surface area contributed by atoms with Crippen molar-refractivity contribution in [3.8, 4) is 0 Å². The summed E-state index contributed by atoms with van der Waals surface area (Å²) in [5.41, 5.74) is 1.72. The number of amides is 2. The Balaban J connectivity index is 1.62. The summed E-state index contributed by atoms with van der Waals surface area (Å²) in [5, 5.41) is 2.78. The van der Waals surface area contributed by atoms with E-state index in [1.54, 1.807) is 32.3 Å². The summed E-state index contributed by atoms with van der Waals surface area (Å²) in [5.74, 6) is -0.423. The molecular weight excluding hydrogens is 378 g/mol. The van der Waals surface area contributed by atoms with Gasteiger partial charge in [0, 0.05) is 37.8 Å². The number of hydrogen-bond acceptors (Lipinski definition) is 4. The van der Waals surface area contributed by atoms with Gasteiger partial charge in [0.25, 0.3) is 11.8 Å². The quantitative estimate of drug-likeness (QED) is 0.739. The number of benzene rings is 2. The van der Waals surface area contributed by atoms with E-state index in [-0.39, 0.29) is 29.3 Å². The van der Waals surface area contributed by atoms with E-state index in [4.69, 9.17) is 0 Å². The van der Waals surface area contributed by atoms with Crippen molar-refractivity contribution in [2.75, 3.05) is 14.1 Å². The summed E-state index contributed by atoms with van der Waals surface area (Å²) in [6.45, 7) is 0.261. The van der Waals surface area contributed by atoms with Gasteiger partial charge in [0.15, 0.2) is 0 Å². The predicted octanol–water partition coefficient (Wildman–Crippen LogP) is 1.76. The molecule has 2 aromatic carbocycles. The van der Waals surface area contributed by atoms with E-state index >= 15 is 0 Å². The number of sulfonamides is 1. The van der Waals surface area contributed by atoms with Gasteiger partial charge in [-0.3, -0.25) is 9.59 Å². The molecule has 2 N–H and O–H groups in total. The van der Waals surface area contributed by atoms with Crippen LogP contribution in [0.25, 0.3) is 0 Å². The fourth-order valence-electron chi connectivity index (χ4n) is 2.63. The Morgan fingerprint density at radius 1 is 1.04 bits per heavy atom. The second-order valence-electron chi connectivity index (χ2n) is 7.00. The van der Waals surface area contributed by atoms with Gasteiger partial charge in [-0.2, -0.15) is 0 Å². The van der Waals surface area contributed by atoms with E-state index in [0.29, 0.717) is 11.1 Å². The molecule has 28 heavy (non-hydrogen) atoms. The van der Waals surface area contributed by atoms with E-state index in [1.807, 2.05) is 6.07 Å². The molecule has 0 spiro atoms. The first-order valence-corrected chi connectivity index (χ1v) is 10.5. The lowest BCUT2D eigenvalue weighted by molar-refractivity contribution is 0.0827. The second-order valence-corrected chi connectivity index (χ2v) is 8.72. The minimum absolute atomic E-state index is 0.0307. The van der Waals surface area contributed by atoms with Crippen molar-refractivity contribution in [1.29, 1.82) is 0 Å². The van der Waals surface area contributed by atoms with Crippen molar-refractivity contribution in [1.82, 2.24) is 14.9 Å². The molecular formula is C20H23N3O4S. The van der Waals surface area contributed by atoms with Gasteiger partial charge in [0.2, 0.25) is 10.0 Å². The van der Waals surface area contributed by atoms with E-state index in [2.05, 4.69) is 10.0 Å². The van der Waals surface area contributed by atoms with E-state index in [0.717, 1.165) is 18.4 Å². The van der Waals surface area contributed by atoms with E-state index in [9.17, 15) is 18.0 Å². The Labute approximate surface area is 164 Å². The molecule has 0 bridgehead atoms. The molecule has 0 radical (unpaired) electrons. The Kier molecular flexibility index (Phi) is 5.81. The molecule has 0 atom stereocenters. The molecule has 3 rings (SSSR count). The van der Waals surface area contributed by atoms with Crippen molar-refractivity contribution in [3.05, 3.63) is 65.2 Å². The highest BCUT2D eigenvalue weighted by molar-refractivity contribution is 7.89. The van der Waals surface area contributed by atoms with Crippen LogP contribution in [0.2, 0.25) is 0 Å². The minimum atomic E-state index is -3.53. The van der Waals surface area contributed by atoms with Crippen molar-refractivity contribution in [2.45, 2.75) is 30.3 Å². The lowest BCUT2D eigenvalue weighted by Crippen LogP contribution is -2.26. The fourth-order valence-corrected chi connectivity index (χ4v) is 3.94. The van der Waals surface area contributed by atoms with Crippen LogP contribution in [0, 0.1) is 0 Å². The van der Waals surface area contributed by atoms with Gasteiger partial charge in [-0.05, 0) is 54.8 Å². The second kappa shape index (κ2) is 8.12. The van der Waals surface area contributed by atoms with E-state index < -0.39 is 10.0 Å². The normalized spacial score (nSPS) is 13.8. The average Bonchev–Trinajstić information content (AvgIpc) is 3.49. The molecule has 2 aromatic rings. The minimum Gasteiger partial charge on any atom is -0.348 e. The van der Waals surface area contributed by atoms with Gasteiger partial charge in [-0.25, -0.2) is 13.1 Å². The molecule has 8 heteroatoms. The van der Waals surface area contributed by atoms with Crippen LogP contribution >= 0.6 is 0 Å². The maximum Gasteiger partial charge on any atom is 0.253 e. The van der Waals surface area contributed by atoms with Gasteiger partial charge in [-0.1, -0.05) is 12.1 Å². The Bertz CT molecular complexity index is 981. The lowest BCUT2D eigenvalue weighted by Gasteiger charge is -2.12. The third-order valence-electron chi connectivity index (χ3n) is 4.36. The zero-order valence-corrected chi connectivity index (χ0v) is 16.6. The fraction of sp³-hybridized carbons (Fsp3) is 0.300. The van der Waals surface area contributed by atoms with Crippen LogP contribution in [0.1, 0.15) is 39.1 Å². The number of carbonyl (C=O) groups excluding carboxylic acids is 2. The van der Waals surface area contributed by atoms with Crippen molar-refractivity contribution < 1.29 is 18.0 Å². The smallest absolute Gasteiger partial charge is 0.253 e. The number of rotatable bonds is 7.